The number of nitrogens with one attached hydrogen (secondary N) is 1. The van der Waals surface area contributed by atoms with E-state index in [2.05, 4.69) is 39.9 Å². The predicted octanol–water partition coefficient (Wildman–Crippen LogP) is 6.04. The normalized spacial score (nSPS) is 26.7. The topological polar surface area (TPSA) is 12.0 Å². The van der Waals surface area contributed by atoms with Crippen molar-refractivity contribution in [3.05, 3.63) is 0 Å². The van der Waals surface area contributed by atoms with E-state index in [1.165, 1.54) is 70.9 Å². The van der Waals surface area contributed by atoms with Gasteiger partial charge in [0.15, 0.2) is 0 Å². The minimum absolute atomic E-state index is 0.613. The zero-order chi connectivity index (χ0) is 15.7. The van der Waals surface area contributed by atoms with Crippen molar-refractivity contribution in [1.82, 2.24) is 5.32 Å². The molecule has 1 nitrogen and oxygen atoms in total. The molecule has 1 N–H and O–H groups in total. The van der Waals surface area contributed by atoms with Crippen molar-refractivity contribution >= 4 is 0 Å². The van der Waals surface area contributed by atoms with Gasteiger partial charge in [-0.2, -0.15) is 0 Å². The third-order valence-electron chi connectivity index (χ3n) is 5.44. The highest BCUT2D eigenvalue weighted by Crippen LogP contribution is 2.44. The van der Waals surface area contributed by atoms with E-state index in [1.54, 1.807) is 0 Å². The Hall–Kier alpha value is -0.0400. The fraction of sp³-hybridized carbons (Fsp3) is 1.00. The molecule has 0 aromatic rings. The standard InChI is InChI=1S/C20H41N/c1-6-7-8-19-10-13-20(14-11-19,12-9-17(2)3)16-21-15-18(4)5/h17-19,21H,6-16H2,1-5H3. The summed E-state index contributed by atoms with van der Waals surface area (Å²) < 4.78 is 0. The summed E-state index contributed by atoms with van der Waals surface area (Å²) in [6, 6.07) is 0. The van der Waals surface area contributed by atoms with E-state index in [0.29, 0.717) is 5.41 Å². The maximum Gasteiger partial charge on any atom is 0.000792 e. The average Bonchev–Trinajstić information content (AvgIpc) is 2.44. The Kier molecular flexibility index (Phi) is 8.94. The van der Waals surface area contributed by atoms with E-state index in [9.17, 15) is 0 Å². The van der Waals surface area contributed by atoms with E-state index in [1.807, 2.05) is 0 Å². The Labute approximate surface area is 134 Å². The molecule has 21 heavy (non-hydrogen) atoms. The van der Waals surface area contributed by atoms with Gasteiger partial charge in [-0.15, -0.1) is 0 Å². The van der Waals surface area contributed by atoms with Crippen LogP contribution in [0.2, 0.25) is 0 Å². The van der Waals surface area contributed by atoms with Gasteiger partial charge in [-0.1, -0.05) is 60.3 Å². The molecule has 1 fully saturated rings. The molecule has 0 unspecified atom stereocenters. The fourth-order valence-corrected chi connectivity index (χ4v) is 3.81. The van der Waals surface area contributed by atoms with Crippen molar-refractivity contribution < 1.29 is 0 Å². The van der Waals surface area contributed by atoms with E-state index in [-0.39, 0.29) is 0 Å². The smallest absolute Gasteiger partial charge is 0.000792 e. The van der Waals surface area contributed by atoms with Crippen LogP contribution in [0.5, 0.6) is 0 Å². The van der Waals surface area contributed by atoms with Gasteiger partial charge in [-0.25, -0.2) is 0 Å². The molecule has 0 spiro atoms. The third-order valence-corrected chi connectivity index (χ3v) is 5.44. The Morgan fingerprint density at radius 1 is 1.05 bits per heavy atom. The molecule has 0 amide bonds. The monoisotopic (exact) mass is 295 g/mol. The Balaban J connectivity index is 2.46. The first-order chi connectivity index (χ1) is 9.97. The molecule has 1 rings (SSSR count). The summed E-state index contributed by atoms with van der Waals surface area (Å²) in [5, 5.41) is 3.78. The van der Waals surface area contributed by atoms with Crippen LogP contribution in [-0.2, 0) is 0 Å². The van der Waals surface area contributed by atoms with Crippen molar-refractivity contribution in [2.45, 2.75) is 92.4 Å². The molecule has 0 bridgehead atoms. The first-order valence-corrected chi connectivity index (χ1v) is 9.68. The van der Waals surface area contributed by atoms with Crippen LogP contribution >= 0.6 is 0 Å². The predicted molar refractivity (Wildman–Crippen MR) is 95.7 cm³/mol. The second-order valence-electron chi connectivity index (χ2n) is 8.54. The van der Waals surface area contributed by atoms with Crippen molar-refractivity contribution in [2.24, 2.45) is 23.2 Å². The maximum absolute atomic E-state index is 3.78. The van der Waals surface area contributed by atoms with Gasteiger partial charge in [0.25, 0.3) is 0 Å². The molecule has 1 saturated carbocycles. The molecule has 0 aliphatic heterocycles. The summed E-state index contributed by atoms with van der Waals surface area (Å²) in [6.07, 6.45) is 13.1. The van der Waals surface area contributed by atoms with Crippen molar-refractivity contribution in [3.63, 3.8) is 0 Å². The lowest BCUT2D eigenvalue weighted by Crippen LogP contribution is -2.39. The van der Waals surface area contributed by atoms with Crippen LogP contribution in [0.25, 0.3) is 0 Å². The van der Waals surface area contributed by atoms with Crippen LogP contribution in [0.4, 0.5) is 0 Å². The molecule has 1 aliphatic carbocycles. The molecule has 0 aromatic carbocycles. The second-order valence-corrected chi connectivity index (χ2v) is 8.54. The van der Waals surface area contributed by atoms with Crippen LogP contribution < -0.4 is 5.32 Å². The number of hydrogen-bond acceptors (Lipinski definition) is 1. The van der Waals surface area contributed by atoms with Gasteiger partial charge in [0, 0.05) is 6.54 Å². The van der Waals surface area contributed by atoms with Gasteiger partial charge in [0.05, 0.1) is 0 Å². The zero-order valence-electron chi connectivity index (χ0n) is 15.5. The zero-order valence-corrected chi connectivity index (χ0v) is 15.5. The van der Waals surface area contributed by atoms with Crippen molar-refractivity contribution in [2.75, 3.05) is 13.1 Å². The average molecular weight is 296 g/mol. The Morgan fingerprint density at radius 2 is 1.71 bits per heavy atom. The molecule has 0 atom stereocenters. The first kappa shape index (κ1) is 19.0. The largest absolute Gasteiger partial charge is 0.316 e. The first-order valence-electron chi connectivity index (χ1n) is 9.68. The number of rotatable bonds is 10. The van der Waals surface area contributed by atoms with Gasteiger partial charge in [-0.05, 0) is 61.8 Å². The van der Waals surface area contributed by atoms with Crippen molar-refractivity contribution in [1.29, 1.82) is 0 Å². The van der Waals surface area contributed by atoms with E-state index >= 15 is 0 Å². The second kappa shape index (κ2) is 9.87. The lowest BCUT2D eigenvalue weighted by molar-refractivity contribution is 0.119. The summed E-state index contributed by atoms with van der Waals surface area (Å²) in [5.41, 5.74) is 0.613. The van der Waals surface area contributed by atoms with E-state index in [0.717, 1.165) is 17.8 Å². The van der Waals surface area contributed by atoms with Gasteiger partial charge in [0.1, 0.15) is 0 Å². The van der Waals surface area contributed by atoms with Gasteiger partial charge in [0.2, 0.25) is 0 Å². The van der Waals surface area contributed by atoms with Crippen LogP contribution in [0.1, 0.15) is 92.4 Å². The Bertz CT molecular complexity index is 249. The van der Waals surface area contributed by atoms with Crippen LogP contribution in [-0.4, -0.2) is 13.1 Å². The van der Waals surface area contributed by atoms with Crippen LogP contribution in [0.15, 0.2) is 0 Å². The highest BCUT2D eigenvalue weighted by atomic mass is 14.9. The third kappa shape index (κ3) is 7.68. The minimum Gasteiger partial charge on any atom is -0.316 e. The minimum atomic E-state index is 0.613. The van der Waals surface area contributed by atoms with Gasteiger partial charge in [-0.3, -0.25) is 0 Å². The Morgan fingerprint density at radius 3 is 2.24 bits per heavy atom. The summed E-state index contributed by atoms with van der Waals surface area (Å²) in [7, 11) is 0. The van der Waals surface area contributed by atoms with E-state index < -0.39 is 0 Å². The van der Waals surface area contributed by atoms with E-state index in [4.69, 9.17) is 0 Å². The molecule has 0 aromatic heterocycles. The van der Waals surface area contributed by atoms with Crippen molar-refractivity contribution in [3.8, 4) is 0 Å². The molecular weight excluding hydrogens is 254 g/mol. The van der Waals surface area contributed by atoms with Gasteiger partial charge >= 0.3 is 0 Å². The lowest BCUT2D eigenvalue weighted by Gasteiger charge is -2.41. The van der Waals surface area contributed by atoms with Crippen LogP contribution in [0.3, 0.4) is 0 Å². The highest BCUT2D eigenvalue weighted by Gasteiger charge is 2.34. The molecule has 0 radical (unpaired) electrons. The summed E-state index contributed by atoms with van der Waals surface area (Å²) in [5.74, 6) is 2.65. The van der Waals surface area contributed by atoms with Crippen LogP contribution in [0, 0.1) is 23.2 Å². The number of unbranched alkanes of at least 4 members (excludes halogenated alkanes) is 1. The number of hydrogen-bond donors (Lipinski definition) is 1. The summed E-state index contributed by atoms with van der Waals surface area (Å²) in [6.45, 7) is 14.2. The van der Waals surface area contributed by atoms with Gasteiger partial charge < -0.3 is 5.32 Å². The molecule has 1 heteroatoms. The summed E-state index contributed by atoms with van der Waals surface area (Å²) >= 11 is 0. The molecular formula is C20H41N. The maximum atomic E-state index is 3.78. The highest BCUT2D eigenvalue weighted by molar-refractivity contribution is 4.88. The quantitative estimate of drug-likeness (QED) is 0.518. The molecule has 0 saturated heterocycles. The summed E-state index contributed by atoms with van der Waals surface area (Å²) in [4.78, 5) is 0. The molecule has 0 heterocycles. The SMILES string of the molecule is CCCCC1CCC(CCC(C)C)(CNCC(C)C)CC1. The molecule has 1 aliphatic rings. The fourth-order valence-electron chi connectivity index (χ4n) is 3.81. The molecule has 126 valence electrons. The lowest BCUT2D eigenvalue weighted by atomic mass is 9.66.